The van der Waals surface area contributed by atoms with Crippen molar-refractivity contribution in [3.05, 3.63) is 23.8 Å². The number of rotatable bonds is 6. The smallest absolute Gasteiger partial charge is 0.209 e. The molecule has 0 saturated heterocycles. The first-order valence-corrected chi connectivity index (χ1v) is 7.28. The van der Waals surface area contributed by atoms with Gasteiger partial charge in [-0.2, -0.15) is 5.26 Å². The average Bonchev–Trinajstić information content (AvgIpc) is 2.34. The molecule has 19 heavy (non-hydrogen) atoms. The number of primary sulfonamides is 1. The van der Waals surface area contributed by atoms with Crippen LogP contribution in [0, 0.1) is 17.2 Å². The van der Waals surface area contributed by atoms with Crippen LogP contribution in [-0.4, -0.2) is 27.9 Å². The van der Waals surface area contributed by atoms with Gasteiger partial charge in [-0.3, -0.25) is 0 Å². The lowest BCUT2D eigenvalue weighted by Crippen LogP contribution is -2.25. The molecule has 1 aromatic rings. The van der Waals surface area contributed by atoms with E-state index in [1.807, 2.05) is 6.07 Å². The van der Waals surface area contributed by atoms with E-state index in [1.54, 1.807) is 25.1 Å². The van der Waals surface area contributed by atoms with E-state index >= 15 is 0 Å². The maximum atomic E-state index is 10.9. The van der Waals surface area contributed by atoms with Gasteiger partial charge in [0.2, 0.25) is 10.0 Å². The van der Waals surface area contributed by atoms with Crippen LogP contribution in [0.25, 0.3) is 0 Å². The second kappa shape index (κ2) is 6.41. The van der Waals surface area contributed by atoms with Crippen molar-refractivity contribution in [2.24, 2.45) is 11.1 Å². The number of ether oxygens (including phenoxy) is 2. The Kier molecular flexibility index (Phi) is 5.15. The van der Waals surface area contributed by atoms with Gasteiger partial charge in [-0.1, -0.05) is 6.92 Å². The Balaban J connectivity index is 2.70. The third kappa shape index (κ3) is 5.16. The average molecular weight is 284 g/mol. The fourth-order valence-electron chi connectivity index (χ4n) is 1.53. The Morgan fingerprint density at radius 3 is 2.63 bits per heavy atom. The van der Waals surface area contributed by atoms with Gasteiger partial charge in [0.15, 0.2) is 11.5 Å². The molecule has 0 aromatic heterocycles. The third-order valence-electron chi connectivity index (χ3n) is 2.33. The number of nitriles is 1. The zero-order valence-corrected chi connectivity index (χ0v) is 11.6. The molecule has 0 aliphatic carbocycles. The molecule has 1 atom stereocenters. The topological polar surface area (TPSA) is 102 Å². The SMILES string of the molecule is COc1cc(C#N)ccc1OCC(C)CS(N)(=O)=O. The Hall–Kier alpha value is -1.78. The lowest BCUT2D eigenvalue weighted by molar-refractivity contribution is 0.257. The number of hydrogen-bond acceptors (Lipinski definition) is 5. The number of nitrogens with zero attached hydrogens (tertiary/aromatic N) is 1. The standard InChI is InChI=1S/C12H16N2O4S/c1-9(8-19(14,15)16)7-18-11-4-3-10(6-13)5-12(11)17-2/h3-5,9H,7-8H2,1-2H3,(H2,14,15,16). The van der Waals surface area contributed by atoms with E-state index in [0.29, 0.717) is 17.1 Å². The fraction of sp³-hybridized carbons (Fsp3) is 0.417. The predicted octanol–water partition coefficient (Wildman–Crippen LogP) is 0.870. The lowest BCUT2D eigenvalue weighted by atomic mass is 10.2. The molecular weight excluding hydrogens is 268 g/mol. The van der Waals surface area contributed by atoms with Gasteiger partial charge < -0.3 is 9.47 Å². The summed E-state index contributed by atoms with van der Waals surface area (Å²) in [6.07, 6.45) is 0. The number of sulfonamides is 1. The summed E-state index contributed by atoms with van der Waals surface area (Å²) in [6.45, 7) is 1.92. The Morgan fingerprint density at radius 1 is 1.42 bits per heavy atom. The van der Waals surface area contributed by atoms with Crippen LogP contribution in [0.5, 0.6) is 11.5 Å². The first kappa shape index (κ1) is 15.3. The number of nitrogens with two attached hydrogens (primary N) is 1. The summed E-state index contributed by atoms with van der Waals surface area (Å²) < 4.78 is 32.4. The fourth-order valence-corrected chi connectivity index (χ4v) is 2.42. The molecule has 0 fully saturated rings. The van der Waals surface area contributed by atoms with Gasteiger partial charge in [0.1, 0.15) is 0 Å². The minimum atomic E-state index is -3.51. The van der Waals surface area contributed by atoms with E-state index in [1.165, 1.54) is 7.11 Å². The Morgan fingerprint density at radius 2 is 2.11 bits per heavy atom. The van der Waals surface area contributed by atoms with Crippen molar-refractivity contribution >= 4 is 10.0 Å². The molecule has 7 heteroatoms. The van der Waals surface area contributed by atoms with Gasteiger partial charge in [-0.25, -0.2) is 13.6 Å². The number of hydrogen-bond donors (Lipinski definition) is 1. The van der Waals surface area contributed by atoms with Gasteiger partial charge >= 0.3 is 0 Å². The summed E-state index contributed by atoms with van der Waals surface area (Å²) in [5, 5.41) is 13.7. The molecule has 0 radical (unpaired) electrons. The highest BCUT2D eigenvalue weighted by Gasteiger charge is 2.13. The van der Waals surface area contributed by atoms with Crippen LogP contribution >= 0.6 is 0 Å². The van der Waals surface area contributed by atoms with Crippen LogP contribution in [0.4, 0.5) is 0 Å². The molecule has 0 saturated carbocycles. The number of methoxy groups -OCH3 is 1. The molecule has 1 aromatic carbocycles. The van der Waals surface area contributed by atoms with Gasteiger partial charge in [-0.15, -0.1) is 0 Å². The molecule has 0 heterocycles. The van der Waals surface area contributed by atoms with Crippen molar-refractivity contribution in [3.63, 3.8) is 0 Å². The van der Waals surface area contributed by atoms with Crippen molar-refractivity contribution < 1.29 is 17.9 Å². The van der Waals surface area contributed by atoms with Crippen LogP contribution in [0.2, 0.25) is 0 Å². The van der Waals surface area contributed by atoms with Crippen LogP contribution < -0.4 is 14.6 Å². The van der Waals surface area contributed by atoms with Crippen molar-refractivity contribution in [2.75, 3.05) is 19.5 Å². The van der Waals surface area contributed by atoms with E-state index in [4.69, 9.17) is 19.9 Å². The predicted molar refractivity (Wildman–Crippen MR) is 70.3 cm³/mol. The molecule has 104 valence electrons. The summed E-state index contributed by atoms with van der Waals surface area (Å²) in [4.78, 5) is 0. The molecule has 0 spiro atoms. The van der Waals surface area contributed by atoms with E-state index < -0.39 is 10.0 Å². The quantitative estimate of drug-likeness (QED) is 0.835. The molecule has 1 unspecified atom stereocenters. The van der Waals surface area contributed by atoms with E-state index in [-0.39, 0.29) is 18.3 Å². The van der Waals surface area contributed by atoms with E-state index in [9.17, 15) is 8.42 Å². The molecule has 0 aliphatic rings. The molecule has 6 nitrogen and oxygen atoms in total. The van der Waals surface area contributed by atoms with Gasteiger partial charge in [0.25, 0.3) is 0 Å². The monoisotopic (exact) mass is 284 g/mol. The van der Waals surface area contributed by atoms with Crippen molar-refractivity contribution in [2.45, 2.75) is 6.92 Å². The van der Waals surface area contributed by atoms with E-state index in [0.717, 1.165) is 0 Å². The van der Waals surface area contributed by atoms with Crippen LogP contribution in [0.1, 0.15) is 12.5 Å². The second-order valence-electron chi connectivity index (χ2n) is 4.22. The molecule has 0 aliphatic heterocycles. The summed E-state index contributed by atoms with van der Waals surface area (Å²) in [5.74, 6) is 0.506. The highest BCUT2D eigenvalue weighted by atomic mass is 32.2. The zero-order chi connectivity index (χ0) is 14.5. The molecular formula is C12H16N2O4S. The maximum Gasteiger partial charge on any atom is 0.209 e. The van der Waals surface area contributed by atoms with Crippen molar-refractivity contribution in [1.82, 2.24) is 0 Å². The minimum absolute atomic E-state index is 0.147. The summed E-state index contributed by atoms with van der Waals surface area (Å²) in [6, 6.07) is 6.76. The normalized spacial score (nSPS) is 12.5. The lowest BCUT2D eigenvalue weighted by Gasteiger charge is -2.14. The zero-order valence-electron chi connectivity index (χ0n) is 10.8. The molecule has 2 N–H and O–H groups in total. The van der Waals surface area contributed by atoms with Gasteiger partial charge in [0, 0.05) is 12.0 Å². The van der Waals surface area contributed by atoms with Crippen molar-refractivity contribution in [3.8, 4) is 17.6 Å². The largest absolute Gasteiger partial charge is 0.493 e. The minimum Gasteiger partial charge on any atom is -0.493 e. The highest BCUT2D eigenvalue weighted by molar-refractivity contribution is 7.89. The first-order valence-electron chi connectivity index (χ1n) is 5.57. The van der Waals surface area contributed by atoms with Crippen LogP contribution in [0.3, 0.4) is 0 Å². The van der Waals surface area contributed by atoms with Gasteiger partial charge in [-0.05, 0) is 12.1 Å². The van der Waals surface area contributed by atoms with Gasteiger partial charge in [0.05, 0.1) is 31.1 Å². The van der Waals surface area contributed by atoms with E-state index in [2.05, 4.69) is 0 Å². The Labute approximate surface area is 112 Å². The van der Waals surface area contributed by atoms with Crippen LogP contribution in [0.15, 0.2) is 18.2 Å². The number of benzene rings is 1. The summed E-state index contributed by atoms with van der Waals surface area (Å²) in [5.41, 5.74) is 0.460. The third-order valence-corrected chi connectivity index (χ3v) is 3.37. The second-order valence-corrected chi connectivity index (χ2v) is 5.88. The highest BCUT2D eigenvalue weighted by Crippen LogP contribution is 2.28. The van der Waals surface area contributed by atoms with Crippen molar-refractivity contribution in [1.29, 1.82) is 5.26 Å². The molecule has 0 amide bonds. The van der Waals surface area contributed by atoms with Crippen LogP contribution in [-0.2, 0) is 10.0 Å². The summed E-state index contributed by atoms with van der Waals surface area (Å²) >= 11 is 0. The molecule has 0 bridgehead atoms. The Bertz CT molecular complexity index is 578. The summed E-state index contributed by atoms with van der Waals surface area (Å²) in [7, 11) is -2.04. The first-order chi connectivity index (χ1) is 8.85. The maximum absolute atomic E-state index is 10.9. The molecule has 1 rings (SSSR count).